The molecule has 0 saturated heterocycles. The van der Waals surface area contributed by atoms with Crippen molar-refractivity contribution in [1.29, 1.82) is 0 Å². The summed E-state index contributed by atoms with van der Waals surface area (Å²) >= 11 is 0. The minimum Gasteiger partial charge on any atom is -0.299 e. The average Bonchev–Trinajstić information content (AvgIpc) is 3.24. The average molecular weight is 298 g/mol. The number of Topliss-reactive ketones (excluding diaryl/α,β-unsaturated/α-hetero) is 1. The van der Waals surface area contributed by atoms with Crippen molar-refractivity contribution in [2.45, 2.75) is 45.4 Å². The van der Waals surface area contributed by atoms with Gasteiger partial charge in [0.05, 0.1) is 0 Å². The van der Waals surface area contributed by atoms with Gasteiger partial charge in [-0.05, 0) is 29.7 Å². The topological polar surface area (TPSA) is 58.5 Å². The maximum atomic E-state index is 12.2. The van der Waals surface area contributed by atoms with Crippen molar-refractivity contribution < 1.29 is 9.59 Å². The second kappa shape index (κ2) is 5.67. The van der Waals surface area contributed by atoms with Gasteiger partial charge in [0.2, 0.25) is 5.91 Å². The number of rotatable bonds is 3. The van der Waals surface area contributed by atoms with Crippen LogP contribution in [-0.2, 0) is 9.59 Å². The van der Waals surface area contributed by atoms with Crippen molar-refractivity contribution in [3.63, 3.8) is 0 Å². The number of carbonyl (C=O) groups is 2. The van der Waals surface area contributed by atoms with Crippen LogP contribution in [0.2, 0.25) is 0 Å². The number of nitrogens with zero attached hydrogens (tertiary/aromatic N) is 1. The molecule has 1 aromatic carbocycles. The van der Waals surface area contributed by atoms with Crippen LogP contribution in [0.4, 0.5) is 0 Å². The molecule has 0 bridgehead atoms. The molecule has 2 atom stereocenters. The molecule has 0 heterocycles. The van der Waals surface area contributed by atoms with E-state index in [2.05, 4.69) is 36.5 Å². The van der Waals surface area contributed by atoms with E-state index in [1.54, 1.807) is 0 Å². The first kappa shape index (κ1) is 14.9. The van der Waals surface area contributed by atoms with Gasteiger partial charge in [0.25, 0.3) is 0 Å². The Morgan fingerprint density at radius 3 is 2.64 bits per heavy atom. The highest BCUT2D eigenvalue weighted by molar-refractivity contribution is 6.05. The van der Waals surface area contributed by atoms with Gasteiger partial charge in [0.1, 0.15) is 5.78 Å². The molecule has 2 fully saturated rings. The van der Waals surface area contributed by atoms with Gasteiger partial charge in [-0.15, -0.1) is 0 Å². The maximum absolute atomic E-state index is 12.2. The van der Waals surface area contributed by atoms with E-state index in [4.69, 9.17) is 0 Å². The van der Waals surface area contributed by atoms with Crippen molar-refractivity contribution in [1.82, 2.24) is 5.43 Å². The highest BCUT2D eigenvalue weighted by Gasteiger charge is 2.44. The van der Waals surface area contributed by atoms with Gasteiger partial charge in [0, 0.05) is 24.5 Å². The molecule has 0 radical (unpaired) electrons. The van der Waals surface area contributed by atoms with Gasteiger partial charge in [-0.3, -0.25) is 9.59 Å². The number of benzene rings is 1. The summed E-state index contributed by atoms with van der Waals surface area (Å²) in [6.07, 6.45) is 2.62. The maximum Gasteiger partial charge on any atom is 0.243 e. The predicted octanol–water partition coefficient (Wildman–Crippen LogP) is 3.04. The summed E-state index contributed by atoms with van der Waals surface area (Å²) in [6, 6.07) is 10.1. The summed E-state index contributed by atoms with van der Waals surface area (Å²) < 4.78 is 0. The van der Waals surface area contributed by atoms with Crippen molar-refractivity contribution in [3.05, 3.63) is 35.9 Å². The number of nitrogens with one attached hydrogen (secondary N) is 1. The molecule has 0 unspecified atom stereocenters. The lowest BCUT2D eigenvalue weighted by Gasteiger charge is -2.29. The molecule has 0 aromatic heterocycles. The quantitative estimate of drug-likeness (QED) is 0.872. The summed E-state index contributed by atoms with van der Waals surface area (Å²) in [6.45, 7) is 4.13. The Morgan fingerprint density at radius 2 is 1.95 bits per heavy atom. The molecular formula is C18H22N2O2. The normalized spacial score (nSPS) is 28.5. The van der Waals surface area contributed by atoms with Crippen LogP contribution >= 0.6 is 0 Å². The van der Waals surface area contributed by atoms with Crippen molar-refractivity contribution in [2.24, 2.45) is 16.4 Å². The summed E-state index contributed by atoms with van der Waals surface area (Å²) in [5, 5.41) is 4.21. The molecule has 1 aromatic rings. The molecule has 22 heavy (non-hydrogen) atoms. The smallest absolute Gasteiger partial charge is 0.243 e. The lowest BCUT2D eigenvalue weighted by molar-refractivity contribution is -0.123. The van der Waals surface area contributed by atoms with Crippen LogP contribution in [0.3, 0.4) is 0 Å². The number of hydrogen-bond donors (Lipinski definition) is 1. The molecule has 2 saturated carbocycles. The first-order valence-corrected chi connectivity index (χ1v) is 7.86. The lowest BCUT2D eigenvalue weighted by atomic mass is 9.76. The fourth-order valence-electron chi connectivity index (χ4n) is 3.35. The largest absolute Gasteiger partial charge is 0.299 e. The Kier molecular flexibility index (Phi) is 3.85. The summed E-state index contributed by atoms with van der Waals surface area (Å²) in [5.74, 6) is 0.500. The number of hydrogen-bond acceptors (Lipinski definition) is 3. The minimum atomic E-state index is -0.0505. The van der Waals surface area contributed by atoms with Gasteiger partial charge >= 0.3 is 0 Å². The molecule has 0 spiro atoms. The summed E-state index contributed by atoms with van der Waals surface area (Å²) in [7, 11) is 0. The number of ketones is 1. The predicted molar refractivity (Wildman–Crippen MR) is 85.5 cm³/mol. The van der Waals surface area contributed by atoms with E-state index in [0.717, 1.165) is 18.6 Å². The Bertz CT molecular complexity index is 619. The third-order valence-electron chi connectivity index (χ3n) is 4.44. The molecule has 4 nitrogen and oxygen atoms in total. The van der Waals surface area contributed by atoms with E-state index in [1.165, 1.54) is 5.56 Å². The van der Waals surface area contributed by atoms with Crippen molar-refractivity contribution in [2.75, 3.05) is 0 Å². The zero-order valence-electron chi connectivity index (χ0n) is 13.1. The van der Waals surface area contributed by atoms with Crippen LogP contribution in [0.25, 0.3) is 0 Å². The van der Waals surface area contributed by atoms with Gasteiger partial charge in [-0.2, -0.15) is 5.10 Å². The van der Waals surface area contributed by atoms with E-state index in [0.29, 0.717) is 18.8 Å². The lowest BCUT2D eigenvalue weighted by Crippen LogP contribution is -2.31. The van der Waals surface area contributed by atoms with Crippen LogP contribution in [0.5, 0.6) is 0 Å². The second-order valence-electron chi connectivity index (χ2n) is 7.25. The van der Waals surface area contributed by atoms with Gasteiger partial charge < -0.3 is 0 Å². The first-order chi connectivity index (χ1) is 10.4. The molecule has 4 heteroatoms. The monoisotopic (exact) mass is 298 g/mol. The summed E-state index contributed by atoms with van der Waals surface area (Å²) in [5.41, 5.74) is 4.63. The van der Waals surface area contributed by atoms with Gasteiger partial charge in [-0.1, -0.05) is 44.2 Å². The van der Waals surface area contributed by atoms with Crippen LogP contribution in [-0.4, -0.2) is 17.4 Å². The SMILES string of the molecule is CC1(C)CC(=O)C/C(=N\NC(=O)[C@H]2C[C@H]2c2ccccc2)C1. The van der Waals surface area contributed by atoms with Crippen LogP contribution < -0.4 is 5.43 Å². The van der Waals surface area contributed by atoms with Crippen LogP contribution in [0.1, 0.15) is 51.0 Å². The second-order valence-corrected chi connectivity index (χ2v) is 7.25. The van der Waals surface area contributed by atoms with E-state index in [1.807, 2.05) is 18.2 Å². The number of amides is 1. The Labute approximate surface area is 131 Å². The Balaban J connectivity index is 1.57. The van der Waals surface area contributed by atoms with E-state index in [-0.39, 0.29) is 23.0 Å². The first-order valence-electron chi connectivity index (χ1n) is 7.86. The molecular weight excluding hydrogens is 276 g/mol. The van der Waals surface area contributed by atoms with E-state index in [9.17, 15) is 9.59 Å². The fourth-order valence-corrected chi connectivity index (χ4v) is 3.35. The number of carbonyl (C=O) groups excluding carboxylic acids is 2. The zero-order valence-corrected chi connectivity index (χ0v) is 13.1. The Morgan fingerprint density at radius 1 is 1.23 bits per heavy atom. The molecule has 2 aliphatic carbocycles. The highest BCUT2D eigenvalue weighted by Crippen LogP contribution is 2.47. The van der Waals surface area contributed by atoms with Crippen molar-refractivity contribution in [3.8, 4) is 0 Å². The minimum absolute atomic E-state index is 0.0130. The van der Waals surface area contributed by atoms with Gasteiger partial charge in [-0.25, -0.2) is 5.43 Å². The molecule has 0 aliphatic heterocycles. The van der Waals surface area contributed by atoms with Crippen LogP contribution in [0.15, 0.2) is 35.4 Å². The third-order valence-corrected chi connectivity index (χ3v) is 4.44. The van der Waals surface area contributed by atoms with E-state index < -0.39 is 0 Å². The van der Waals surface area contributed by atoms with Crippen LogP contribution in [0, 0.1) is 11.3 Å². The van der Waals surface area contributed by atoms with Gasteiger partial charge in [0.15, 0.2) is 0 Å². The Hall–Kier alpha value is -1.97. The highest BCUT2D eigenvalue weighted by atomic mass is 16.2. The summed E-state index contributed by atoms with van der Waals surface area (Å²) in [4.78, 5) is 23.9. The molecule has 1 amide bonds. The number of hydrazone groups is 1. The zero-order chi connectivity index (χ0) is 15.7. The molecule has 2 aliphatic rings. The standard InChI is InChI=1S/C18H22N2O2/c1-18(2)10-13(8-14(21)11-18)19-20-17(22)16-9-15(16)12-6-4-3-5-7-12/h3-7,15-16H,8-11H2,1-2H3,(H,20,22)/b19-13+/t15-,16-/m0/s1. The van der Waals surface area contributed by atoms with Crippen molar-refractivity contribution >= 4 is 17.4 Å². The molecule has 1 N–H and O–H groups in total. The molecule has 116 valence electrons. The van der Waals surface area contributed by atoms with E-state index >= 15 is 0 Å². The third kappa shape index (κ3) is 3.43. The fraction of sp³-hybridized carbons (Fsp3) is 0.500. The molecule has 3 rings (SSSR count).